The van der Waals surface area contributed by atoms with Crippen molar-refractivity contribution in [1.82, 2.24) is 19.9 Å². The molecule has 0 amide bonds. The van der Waals surface area contributed by atoms with Crippen molar-refractivity contribution in [1.29, 1.82) is 0 Å². The molecule has 5 N–H and O–H groups in total. The van der Waals surface area contributed by atoms with Crippen LogP contribution in [0.15, 0.2) is 146 Å². The molecule has 4 aromatic carbocycles. The fourth-order valence-corrected chi connectivity index (χ4v) is 7.09. The van der Waals surface area contributed by atoms with Crippen LogP contribution in [-0.2, 0) is 65.9 Å². The van der Waals surface area contributed by atoms with Crippen LogP contribution < -0.4 is 28.4 Å². The third kappa shape index (κ3) is 21.6. The van der Waals surface area contributed by atoms with Crippen LogP contribution in [0.1, 0.15) is 112 Å². The number of aryl methyl sites for hydroxylation is 1. The first-order chi connectivity index (χ1) is 39.0. The largest absolute Gasteiger partial charge is 0.497 e. The Morgan fingerprint density at radius 1 is 0.378 bits per heavy atom. The molecule has 4 heterocycles. The predicted octanol–water partition coefficient (Wildman–Crippen LogP) is 8.99. The Labute approximate surface area is 482 Å². The average molecular weight is 1140 g/mol. The van der Waals surface area contributed by atoms with E-state index < -0.39 is 0 Å². The van der Waals surface area contributed by atoms with Gasteiger partial charge in [-0.25, -0.2) is 0 Å². The van der Waals surface area contributed by atoms with Gasteiger partial charge in [0.05, 0.1) is 104 Å². The number of halogens is 1. The number of aliphatic hydroxyl groups excluding tert-OH is 5. The highest BCUT2D eigenvalue weighted by molar-refractivity contribution is 5.85. The van der Waals surface area contributed by atoms with Gasteiger partial charge in [-0.05, 0) is 121 Å². The molecule has 432 valence electrons. The molecule has 0 atom stereocenters. The number of hydrogen-bond acceptors (Lipinski definition) is 19. The zero-order valence-corrected chi connectivity index (χ0v) is 45.6. The number of benzene rings is 4. The van der Waals surface area contributed by atoms with Crippen LogP contribution in [0.2, 0.25) is 0 Å². The topological polar surface area (TPSA) is 276 Å². The summed E-state index contributed by atoms with van der Waals surface area (Å²) in [4.78, 5) is 60.8. The number of aldehydes is 4. The smallest absolute Gasteiger partial charge is 0.162 e. The molecule has 0 aliphatic heterocycles. The van der Waals surface area contributed by atoms with E-state index in [0.29, 0.717) is 115 Å². The summed E-state index contributed by atoms with van der Waals surface area (Å²) in [7, 11) is 3.08. The number of carbonyl (C=O) groups is 4. The standard InChI is InChI=1S/C16H17NO3.3C15H15NO4.CH4.ClH/c1-2-14-4-3-5-15(17-14)11-20-16-7-6-12(9-18)8-13(16)10-19;1-19-14-6-5-11(8-17)15(7-14)20-10-13-4-2-3-12(9-18)16-13;1-19-14-6-5-11(8-17)7-15(14)20-10-13-4-2-3-12(9-18)16-13;17-7-11-4-5-15(12(6-11)8-18)20-10-14-3-1-2-13(9-19)16-14;;/h3-8,10,18H,2,9,11H2,1H3;2*2-8,18H,9-10H2,1H3;1-6,8,17,19H,7,9-10H2;1H4;1H. The van der Waals surface area contributed by atoms with Gasteiger partial charge < -0.3 is 54.0 Å². The maximum atomic E-state index is 11.0. The number of nitrogens with zero attached hydrogens (tertiary/aromatic N) is 4. The lowest BCUT2D eigenvalue weighted by molar-refractivity contribution is 0.111. The van der Waals surface area contributed by atoms with Crippen LogP contribution in [0.4, 0.5) is 0 Å². The van der Waals surface area contributed by atoms with Crippen LogP contribution in [0.25, 0.3) is 0 Å². The number of pyridine rings is 4. The molecule has 0 aliphatic carbocycles. The molecule has 0 radical (unpaired) electrons. The van der Waals surface area contributed by atoms with Gasteiger partial charge in [0.1, 0.15) is 55.7 Å². The number of carbonyl (C=O) groups excluding carboxylic acids is 4. The monoisotopic (exact) mass is 1140 g/mol. The van der Waals surface area contributed by atoms with Gasteiger partial charge in [0.15, 0.2) is 30.4 Å². The van der Waals surface area contributed by atoms with E-state index in [0.717, 1.165) is 36.7 Å². The van der Waals surface area contributed by atoms with Crippen LogP contribution in [0.5, 0.6) is 34.5 Å². The molecule has 0 aliphatic rings. The van der Waals surface area contributed by atoms with Crippen molar-refractivity contribution in [2.45, 2.75) is 80.2 Å². The minimum atomic E-state index is -0.126. The number of aliphatic hydroxyl groups is 5. The molecular weight excluding hydrogens is 1080 g/mol. The number of hydrogen-bond donors (Lipinski definition) is 5. The molecule has 4 aromatic heterocycles. The van der Waals surface area contributed by atoms with Crippen LogP contribution >= 0.6 is 12.4 Å². The summed E-state index contributed by atoms with van der Waals surface area (Å²) >= 11 is 0. The fraction of sp³-hybridized carbons (Fsp3) is 0.226. The Morgan fingerprint density at radius 3 is 1.15 bits per heavy atom. The van der Waals surface area contributed by atoms with E-state index in [2.05, 4.69) is 19.9 Å². The first-order valence-electron chi connectivity index (χ1n) is 24.8. The Balaban J connectivity index is 0.000000285. The lowest BCUT2D eigenvalue weighted by Gasteiger charge is -2.11. The van der Waals surface area contributed by atoms with E-state index in [9.17, 15) is 19.2 Å². The highest BCUT2D eigenvalue weighted by atomic mass is 35.5. The van der Waals surface area contributed by atoms with E-state index in [4.69, 9.17) is 54.0 Å². The number of rotatable bonds is 24. The summed E-state index contributed by atoms with van der Waals surface area (Å²) in [5.41, 5.74) is 8.71. The summed E-state index contributed by atoms with van der Waals surface area (Å²) < 4.78 is 32.7. The lowest BCUT2D eigenvalue weighted by atomic mass is 10.1. The Kier molecular flexibility index (Phi) is 30.4. The van der Waals surface area contributed by atoms with Gasteiger partial charge >= 0.3 is 0 Å². The van der Waals surface area contributed by atoms with Crippen molar-refractivity contribution in [3.8, 4) is 34.5 Å². The van der Waals surface area contributed by atoms with Gasteiger partial charge in [-0.1, -0.05) is 50.7 Å². The van der Waals surface area contributed by atoms with Crippen LogP contribution in [0, 0.1) is 0 Å². The van der Waals surface area contributed by atoms with Crippen molar-refractivity contribution >= 4 is 37.6 Å². The molecule has 8 rings (SSSR count). The zero-order valence-electron chi connectivity index (χ0n) is 44.8. The van der Waals surface area contributed by atoms with E-state index in [1.54, 1.807) is 135 Å². The SMILES string of the molecule is C.CCc1cccc(COc2ccc(CO)cc2C=O)n1.COc1ccc(C=O)c(OCc2cccc(CO)n2)c1.COc1ccc(C=O)cc1OCc1cccc(CO)n1.Cl.O=Cc1cc(CO)ccc1OCc1cccc(CO)n1. The molecule has 82 heavy (non-hydrogen) atoms. The first kappa shape index (κ1) is 67.3. The minimum absolute atomic E-state index is 0. The zero-order chi connectivity index (χ0) is 57.5. The normalized spacial score (nSPS) is 9.95. The molecule has 20 heteroatoms. The lowest BCUT2D eigenvalue weighted by Crippen LogP contribution is -2.02. The second-order valence-corrected chi connectivity index (χ2v) is 16.8. The van der Waals surface area contributed by atoms with Crippen LogP contribution in [-0.4, -0.2) is 84.8 Å². The van der Waals surface area contributed by atoms with Gasteiger partial charge in [0.2, 0.25) is 0 Å². The molecule has 0 saturated carbocycles. The second kappa shape index (κ2) is 37.1. The van der Waals surface area contributed by atoms with Gasteiger partial charge in [-0.3, -0.25) is 39.1 Å². The Bertz CT molecular complexity index is 3150. The molecular formula is C62H67ClN4O15. The maximum absolute atomic E-state index is 11.0. The number of ether oxygens (including phenoxy) is 6. The summed E-state index contributed by atoms with van der Waals surface area (Å²) in [6.07, 6.45) is 3.76. The minimum Gasteiger partial charge on any atom is -0.497 e. The quantitative estimate of drug-likeness (QED) is 0.0353. The first-order valence-corrected chi connectivity index (χ1v) is 24.8. The van der Waals surface area contributed by atoms with Crippen molar-refractivity contribution in [2.75, 3.05) is 14.2 Å². The summed E-state index contributed by atoms with van der Waals surface area (Å²) in [6.45, 7) is 2.42. The summed E-state index contributed by atoms with van der Waals surface area (Å²) in [5, 5.41) is 45.2. The van der Waals surface area contributed by atoms with Crippen LogP contribution in [0.3, 0.4) is 0 Å². The molecule has 0 fully saturated rings. The molecule has 0 spiro atoms. The third-order valence-corrected chi connectivity index (χ3v) is 11.2. The fourth-order valence-electron chi connectivity index (χ4n) is 7.09. The third-order valence-electron chi connectivity index (χ3n) is 11.2. The molecule has 0 bridgehead atoms. The van der Waals surface area contributed by atoms with E-state index in [1.807, 2.05) is 25.1 Å². The Morgan fingerprint density at radius 2 is 0.768 bits per heavy atom. The number of aromatic nitrogens is 4. The number of methoxy groups -OCH3 is 2. The van der Waals surface area contributed by atoms with Crippen molar-refractivity contribution in [2.24, 2.45) is 0 Å². The maximum Gasteiger partial charge on any atom is 0.162 e. The van der Waals surface area contributed by atoms with E-state index >= 15 is 0 Å². The molecule has 8 aromatic rings. The van der Waals surface area contributed by atoms with Crippen molar-refractivity contribution < 1.29 is 73.1 Å². The van der Waals surface area contributed by atoms with Gasteiger partial charge in [-0.15, -0.1) is 12.4 Å². The molecule has 19 nitrogen and oxygen atoms in total. The predicted molar refractivity (Wildman–Crippen MR) is 308 cm³/mol. The van der Waals surface area contributed by atoms with E-state index in [-0.39, 0.29) is 72.7 Å². The Hall–Kier alpha value is -8.95. The highest BCUT2D eigenvalue weighted by Gasteiger charge is 2.11. The van der Waals surface area contributed by atoms with Crippen molar-refractivity contribution in [3.05, 3.63) is 225 Å². The molecule has 0 saturated heterocycles. The van der Waals surface area contributed by atoms with Crippen molar-refractivity contribution in [3.63, 3.8) is 0 Å². The summed E-state index contributed by atoms with van der Waals surface area (Å²) in [6, 6.07) is 41.6. The van der Waals surface area contributed by atoms with Gasteiger partial charge in [0.25, 0.3) is 0 Å². The molecule has 0 unspecified atom stereocenters. The van der Waals surface area contributed by atoms with Gasteiger partial charge in [-0.2, -0.15) is 0 Å². The average Bonchev–Trinajstić information content (AvgIpc) is 3.60. The summed E-state index contributed by atoms with van der Waals surface area (Å²) in [5.74, 6) is 3.02. The van der Waals surface area contributed by atoms with E-state index in [1.165, 1.54) is 7.11 Å². The second-order valence-electron chi connectivity index (χ2n) is 16.8. The van der Waals surface area contributed by atoms with Gasteiger partial charge in [0, 0.05) is 17.3 Å². The highest BCUT2D eigenvalue weighted by Crippen LogP contribution is 2.29.